The molecule has 0 aliphatic carbocycles. The van der Waals surface area contributed by atoms with Gasteiger partial charge in [0.05, 0.1) is 30.0 Å². The molecule has 0 spiro atoms. The van der Waals surface area contributed by atoms with E-state index in [1.807, 2.05) is 48.4 Å². The Labute approximate surface area is 139 Å². The average molecular weight is 332 g/mol. The predicted octanol–water partition coefficient (Wildman–Crippen LogP) is 2.89. The summed E-state index contributed by atoms with van der Waals surface area (Å²) in [5.74, 6) is 0.782. The van der Waals surface area contributed by atoms with Gasteiger partial charge in [0.1, 0.15) is 12.4 Å². The van der Waals surface area contributed by atoms with Crippen molar-refractivity contribution in [3.05, 3.63) is 45.9 Å². The largest absolute Gasteiger partial charge is 0.487 e. The fourth-order valence-electron chi connectivity index (χ4n) is 2.52. The number of thiazole rings is 1. The van der Waals surface area contributed by atoms with Crippen LogP contribution in [0, 0.1) is 6.92 Å². The number of aryl methyl sites for hydroxylation is 1. The summed E-state index contributed by atoms with van der Waals surface area (Å²) in [7, 11) is 0. The molecule has 122 valence electrons. The first-order valence-electron chi connectivity index (χ1n) is 7.66. The summed E-state index contributed by atoms with van der Waals surface area (Å²) >= 11 is 1.61. The van der Waals surface area contributed by atoms with Crippen molar-refractivity contribution in [1.82, 2.24) is 9.88 Å². The van der Waals surface area contributed by atoms with Crippen molar-refractivity contribution in [3.8, 4) is 5.75 Å². The summed E-state index contributed by atoms with van der Waals surface area (Å²) in [6.45, 7) is 6.26. The Hall–Kier alpha value is -1.92. The monoisotopic (exact) mass is 332 g/mol. The molecule has 2 heterocycles. The number of amides is 1. The second-order valence-corrected chi connectivity index (χ2v) is 6.66. The number of hydrogen-bond acceptors (Lipinski definition) is 5. The van der Waals surface area contributed by atoms with Gasteiger partial charge in [0.25, 0.3) is 5.91 Å². The number of ether oxygens (including phenoxy) is 2. The van der Waals surface area contributed by atoms with Crippen LogP contribution in [0.4, 0.5) is 0 Å². The smallest absolute Gasteiger partial charge is 0.254 e. The fraction of sp³-hybridized carbons (Fsp3) is 0.412. The minimum absolute atomic E-state index is 0.0440. The molecule has 6 heteroatoms. The van der Waals surface area contributed by atoms with E-state index in [4.69, 9.17) is 9.47 Å². The summed E-state index contributed by atoms with van der Waals surface area (Å²) in [6.07, 6.45) is 0. The van der Waals surface area contributed by atoms with E-state index in [1.54, 1.807) is 11.3 Å². The summed E-state index contributed by atoms with van der Waals surface area (Å²) in [5, 5.41) is 3.02. The maximum atomic E-state index is 12.5. The van der Waals surface area contributed by atoms with Crippen molar-refractivity contribution in [2.24, 2.45) is 0 Å². The molecular weight excluding hydrogens is 312 g/mol. The number of aromatic nitrogens is 1. The third-order valence-electron chi connectivity index (χ3n) is 3.78. The molecule has 2 aromatic rings. The normalized spacial score (nSPS) is 18.0. The Balaban J connectivity index is 1.61. The van der Waals surface area contributed by atoms with Crippen molar-refractivity contribution >= 4 is 17.2 Å². The molecule has 1 aromatic carbocycles. The molecule has 0 radical (unpaired) electrons. The molecule has 1 atom stereocenters. The Morgan fingerprint density at radius 1 is 1.43 bits per heavy atom. The number of nitrogens with zero attached hydrogens (tertiary/aromatic N) is 2. The van der Waals surface area contributed by atoms with E-state index in [9.17, 15) is 4.79 Å². The molecule has 1 aromatic heterocycles. The standard InChI is InChI=1S/C17H20N2O3S/c1-12-9-21-8-7-19(12)17(20)14-3-5-16(6-4-14)22-10-15-11-23-13(2)18-15/h3-6,11-12H,7-10H2,1-2H3. The third kappa shape index (κ3) is 3.89. The van der Waals surface area contributed by atoms with Gasteiger partial charge in [-0.15, -0.1) is 11.3 Å². The number of hydrogen-bond donors (Lipinski definition) is 0. The maximum absolute atomic E-state index is 12.5. The predicted molar refractivity (Wildman–Crippen MR) is 88.9 cm³/mol. The van der Waals surface area contributed by atoms with Crippen LogP contribution in [0.15, 0.2) is 29.6 Å². The molecule has 0 N–H and O–H groups in total. The molecular formula is C17H20N2O3S. The molecule has 0 bridgehead atoms. The lowest BCUT2D eigenvalue weighted by molar-refractivity contribution is 0.00359. The first kappa shape index (κ1) is 16.0. The second kappa shape index (κ2) is 7.10. The number of morpholine rings is 1. The van der Waals surface area contributed by atoms with Gasteiger partial charge < -0.3 is 14.4 Å². The van der Waals surface area contributed by atoms with Crippen molar-refractivity contribution in [1.29, 1.82) is 0 Å². The zero-order valence-corrected chi connectivity index (χ0v) is 14.1. The van der Waals surface area contributed by atoms with E-state index in [0.717, 1.165) is 16.5 Å². The molecule has 1 aliphatic rings. The third-order valence-corrected chi connectivity index (χ3v) is 4.61. The Morgan fingerprint density at radius 3 is 2.87 bits per heavy atom. The summed E-state index contributed by atoms with van der Waals surface area (Å²) < 4.78 is 11.1. The highest BCUT2D eigenvalue weighted by Gasteiger charge is 2.24. The van der Waals surface area contributed by atoms with Crippen molar-refractivity contribution in [2.45, 2.75) is 26.5 Å². The number of benzene rings is 1. The molecule has 1 fully saturated rings. The van der Waals surface area contributed by atoms with Gasteiger partial charge in [0, 0.05) is 17.5 Å². The quantitative estimate of drug-likeness (QED) is 0.864. The summed E-state index contributed by atoms with van der Waals surface area (Å²) in [6, 6.07) is 7.40. The van der Waals surface area contributed by atoms with Crippen LogP contribution >= 0.6 is 11.3 Å². The van der Waals surface area contributed by atoms with E-state index in [2.05, 4.69) is 4.98 Å². The van der Waals surface area contributed by atoms with E-state index in [0.29, 0.717) is 31.9 Å². The first-order chi connectivity index (χ1) is 11.1. The molecule has 1 unspecified atom stereocenters. The van der Waals surface area contributed by atoms with Gasteiger partial charge in [-0.3, -0.25) is 4.79 Å². The van der Waals surface area contributed by atoms with Crippen LogP contribution in [-0.4, -0.2) is 41.6 Å². The Morgan fingerprint density at radius 2 is 2.22 bits per heavy atom. The fourth-order valence-corrected chi connectivity index (χ4v) is 3.12. The van der Waals surface area contributed by atoms with E-state index < -0.39 is 0 Å². The topological polar surface area (TPSA) is 51.7 Å². The maximum Gasteiger partial charge on any atom is 0.254 e. The minimum atomic E-state index is 0.0440. The van der Waals surface area contributed by atoms with Crippen molar-refractivity contribution in [2.75, 3.05) is 19.8 Å². The molecule has 1 amide bonds. The van der Waals surface area contributed by atoms with E-state index >= 15 is 0 Å². The number of rotatable bonds is 4. The SMILES string of the molecule is Cc1nc(COc2ccc(C(=O)N3CCOCC3C)cc2)cs1. The van der Waals surface area contributed by atoms with Crippen LogP contribution in [0.2, 0.25) is 0 Å². The van der Waals surface area contributed by atoms with Crippen LogP contribution in [0.1, 0.15) is 28.0 Å². The van der Waals surface area contributed by atoms with E-state index in [1.165, 1.54) is 0 Å². The van der Waals surface area contributed by atoms with Crippen molar-refractivity contribution in [3.63, 3.8) is 0 Å². The minimum Gasteiger partial charge on any atom is -0.487 e. The molecule has 0 saturated carbocycles. The summed E-state index contributed by atoms with van der Waals surface area (Å²) in [4.78, 5) is 18.7. The number of carbonyl (C=O) groups excluding carboxylic acids is 1. The number of carbonyl (C=O) groups is 1. The van der Waals surface area contributed by atoms with Crippen molar-refractivity contribution < 1.29 is 14.3 Å². The van der Waals surface area contributed by atoms with Crippen LogP contribution in [-0.2, 0) is 11.3 Å². The van der Waals surface area contributed by atoms with Crippen LogP contribution in [0.25, 0.3) is 0 Å². The van der Waals surface area contributed by atoms with Crippen LogP contribution in [0.5, 0.6) is 5.75 Å². The Kier molecular flexibility index (Phi) is 4.93. The van der Waals surface area contributed by atoms with Gasteiger partial charge in [-0.1, -0.05) is 0 Å². The molecule has 3 rings (SSSR count). The zero-order valence-electron chi connectivity index (χ0n) is 13.3. The molecule has 23 heavy (non-hydrogen) atoms. The average Bonchev–Trinajstić information content (AvgIpc) is 2.99. The van der Waals surface area contributed by atoms with Crippen LogP contribution < -0.4 is 4.74 Å². The summed E-state index contributed by atoms with van der Waals surface area (Å²) in [5.41, 5.74) is 1.60. The zero-order chi connectivity index (χ0) is 16.2. The van der Waals surface area contributed by atoms with Gasteiger partial charge >= 0.3 is 0 Å². The first-order valence-corrected chi connectivity index (χ1v) is 8.54. The van der Waals surface area contributed by atoms with Gasteiger partial charge in [0.15, 0.2) is 0 Å². The van der Waals surface area contributed by atoms with E-state index in [-0.39, 0.29) is 11.9 Å². The van der Waals surface area contributed by atoms with Crippen LogP contribution in [0.3, 0.4) is 0 Å². The van der Waals surface area contributed by atoms with Gasteiger partial charge in [-0.2, -0.15) is 0 Å². The van der Waals surface area contributed by atoms with Gasteiger partial charge in [-0.25, -0.2) is 4.98 Å². The molecule has 5 nitrogen and oxygen atoms in total. The molecule has 1 saturated heterocycles. The highest BCUT2D eigenvalue weighted by Crippen LogP contribution is 2.18. The second-order valence-electron chi connectivity index (χ2n) is 5.59. The van der Waals surface area contributed by atoms with Gasteiger partial charge in [0.2, 0.25) is 0 Å². The lowest BCUT2D eigenvalue weighted by Gasteiger charge is -2.33. The molecule has 1 aliphatic heterocycles. The lowest BCUT2D eigenvalue weighted by Crippen LogP contribution is -2.47. The highest BCUT2D eigenvalue weighted by molar-refractivity contribution is 7.09. The Bertz CT molecular complexity index is 669. The highest BCUT2D eigenvalue weighted by atomic mass is 32.1. The lowest BCUT2D eigenvalue weighted by atomic mass is 10.1. The van der Waals surface area contributed by atoms with Gasteiger partial charge in [-0.05, 0) is 38.1 Å².